The first-order valence-electron chi connectivity index (χ1n) is 17.2. The van der Waals surface area contributed by atoms with Gasteiger partial charge in [0.05, 0.1) is 18.2 Å². The van der Waals surface area contributed by atoms with Crippen LogP contribution in [0.1, 0.15) is 94.9 Å². The minimum Gasteiger partial charge on any atom is -0.455 e. The molecule has 1 aromatic carbocycles. The van der Waals surface area contributed by atoms with Crippen LogP contribution in [0.3, 0.4) is 0 Å². The van der Waals surface area contributed by atoms with Crippen LogP contribution in [0, 0.1) is 17.8 Å². The van der Waals surface area contributed by atoms with Gasteiger partial charge in [-0.1, -0.05) is 78.3 Å². The lowest BCUT2D eigenvalue weighted by Gasteiger charge is -2.37. The van der Waals surface area contributed by atoms with Crippen molar-refractivity contribution < 1.29 is 28.7 Å². The van der Waals surface area contributed by atoms with Gasteiger partial charge in [0.25, 0.3) is 5.91 Å². The van der Waals surface area contributed by atoms with Gasteiger partial charge < -0.3 is 30.3 Å². The highest BCUT2D eigenvalue weighted by molar-refractivity contribution is 7.09. The number of rotatable bonds is 18. The number of carbonyl (C=O) groups is 4. The van der Waals surface area contributed by atoms with E-state index in [1.54, 1.807) is 17.3 Å². The molecule has 2 saturated heterocycles. The summed E-state index contributed by atoms with van der Waals surface area (Å²) in [4.78, 5) is 58.7. The third kappa shape index (κ3) is 10.3. The molecule has 2 aliphatic heterocycles. The van der Waals surface area contributed by atoms with Gasteiger partial charge >= 0.3 is 5.97 Å². The fraction of sp³-hybridized carbons (Fsp3) is 0.639. The summed E-state index contributed by atoms with van der Waals surface area (Å²) in [5, 5.41) is 11.3. The molecule has 11 nitrogen and oxygen atoms in total. The Labute approximate surface area is 288 Å². The first kappa shape index (κ1) is 37.5. The molecule has 4 unspecified atom stereocenters. The molecule has 2 aromatic rings. The summed E-state index contributed by atoms with van der Waals surface area (Å²) >= 11 is 1.25. The number of benzene rings is 1. The highest BCUT2D eigenvalue weighted by atomic mass is 32.1. The Morgan fingerprint density at radius 1 is 1.10 bits per heavy atom. The Hall–Kier alpha value is -3.35. The number of esters is 1. The maximum atomic E-state index is 13.9. The summed E-state index contributed by atoms with van der Waals surface area (Å²) in [6, 6.07) is 8.51. The lowest BCUT2D eigenvalue weighted by Crippen LogP contribution is -2.55. The predicted octanol–water partition coefficient (Wildman–Crippen LogP) is 4.28. The summed E-state index contributed by atoms with van der Waals surface area (Å²) in [5.41, 5.74) is 1.35. The summed E-state index contributed by atoms with van der Waals surface area (Å²) in [7, 11) is 1.73. The van der Waals surface area contributed by atoms with Crippen molar-refractivity contribution in [2.24, 2.45) is 17.8 Å². The van der Waals surface area contributed by atoms with Crippen LogP contribution in [0.5, 0.6) is 0 Å². The predicted molar refractivity (Wildman–Crippen MR) is 185 cm³/mol. The van der Waals surface area contributed by atoms with Crippen LogP contribution in [-0.4, -0.2) is 83.5 Å². The van der Waals surface area contributed by atoms with E-state index in [0.29, 0.717) is 30.3 Å². The molecule has 3 N–H and O–H groups in total. The highest BCUT2D eigenvalue weighted by Gasteiger charge is 2.45. The molecule has 12 heteroatoms. The van der Waals surface area contributed by atoms with Gasteiger partial charge in [-0.05, 0) is 36.2 Å². The topological polar surface area (TPSA) is 152 Å². The van der Waals surface area contributed by atoms with Gasteiger partial charge in [-0.2, -0.15) is 0 Å². The Balaban J connectivity index is 1.49. The molecule has 2 fully saturated rings. The van der Waals surface area contributed by atoms with Crippen molar-refractivity contribution >= 4 is 35.0 Å². The Bertz CT molecular complexity index is 1400. The fourth-order valence-electron chi connectivity index (χ4n) is 6.12. The van der Waals surface area contributed by atoms with E-state index in [9.17, 15) is 19.2 Å². The number of nitrogens with zero attached hydrogens (tertiary/aromatic N) is 2. The number of thiazole rings is 1. The van der Waals surface area contributed by atoms with Gasteiger partial charge in [0, 0.05) is 38.4 Å². The van der Waals surface area contributed by atoms with Crippen LogP contribution in [0.15, 0.2) is 35.7 Å². The van der Waals surface area contributed by atoms with Crippen molar-refractivity contribution in [2.75, 3.05) is 13.6 Å². The minimum atomic E-state index is -0.772. The third-order valence-corrected chi connectivity index (χ3v) is 10.2. The zero-order valence-corrected chi connectivity index (χ0v) is 30.3. The average molecular weight is 684 g/mol. The van der Waals surface area contributed by atoms with Crippen molar-refractivity contribution in [3.63, 3.8) is 0 Å². The molecule has 0 saturated carbocycles. The number of epoxide rings is 1. The van der Waals surface area contributed by atoms with Gasteiger partial charge in [-0.15, -0.1) is 11.3 Å². The van der Waals surface area contributed by atoms with Gasteiger partial charge in [-0.3, -0.25) is 19.2 Å². The second kappa shape index (κ2) is 16.8. The van der Waals surface area contributed by atoms with Gasteiger partial charge in [0.2, 0.25) is 11.8 Å². The number of carbonyl (C=O) groups excluding carboxylic acids is 4. The van der Waals surface area contributed by atoms with Crippen LogP contribution in [0.25, 0.3) is 0 Å². The number of likely N-dealkylation sites (N-methyl/N-ethyl adjacent to an activating group) is 1. The molecule has 0 radical (unpaired) electrons. The lowest BCUT2D eigenvalue weighted by atomic mass is 9.93. The van der Waals surface area contributed by atoms with Crippen molar-refractivity contribution in [1.82, 2.24) is 25.8 Å². The second-order valence-corrected chi connectivity index (χ2v) is 14.9. The Morgan fingerprint density at radius 3 is 2.38 bits per heavy atom. The second-order valence-electron chi connectivity index (χ2n) is 14.0. The van der Waals surface area contributed by atoms with E-state index in [1.165, 1.54) is 18.3 Å². The molecule has 3 amide bonds. The minimum absolute atomic E-state index is 0.00538. The molecule has 0 spiro atoms. The molecular formula is C36H53N5O6S. The zero-order chi connectivity index (χ0) is 35.1. The highest BCUT2D eigenvalue weighted by Crippen LogP contribution is 2.34. The summed E-state index contributed by atoms with van der Waals surface area (Å²) in [5.74, 6) is -0.768. The SMILES string of the molecule is CCC(C)[C@H](NC(=O)[C@H]1CN1)C(=O)N(C)[C@H](C[C@@H](OC(C)=O)c1nc(C(=O)NC(Cc2ccccc2)C2OC2CC(C)C)cs1)C(C)C. The molecule has 1 aromatic heterocycles. The molecule has 3 heterocycles. The number of nitrogens with one attached hydrogen (secondary N) is 3. The van der Waals surface area contributed by atoms with Crippen molar-refractivity contribution in [3.8, 4) is 0 Å². The molecule has 0 bridgehead atoms. The monoisotopic (exact) mass is 683 g/mol. The van der Waals surface area contributed by atoms with E-state index in [0.717, 1.165) is 12.0 Å². The number of ether oxygens (including phenoxy) is 2. The third-order valence-electron chi connectivity index (χ3n) is 9.25. The van der Waals surface area contributed by atoms with Crippen LogP contribution in [-0.2, 0) is 30.3 Å². The fourth-order valence-corrected chi connectivity index (χ4v) is 6.96. The van der Waals surface area contributed by atoms with E-state index in [2.05, 4.69) is 34.8 Å². The number of aromatic nitrogens is 1. The van der Waals surface area contributed by atoms with Crippen LogP contribution in [0.2, 0.25) is 0 Å². The zero-order valence-electron chi connectivity index (χ0n) is 29.5. The average Bonchev–Trinajstić information content (AvgIpc) is 3.97. The Morgan fingerprint density at radius 2 is 1.79 bits per heavy atom. The van der Waals surface area contributed by atoms with Crippen LogP contribution < -0.4 is 16.0 Å². The number of amides is 3. The summed E-state index contributed by atoms with van der Waals surface area (Å²) in [6.45, 7) is 14.2. The lowest BCUT2D eigenvalue weighted by molar-refractivity contribution is -0.149. The van der Waals surface area contributed by atoms with Crippen molar-refractivity contribution in [2.45, 2.75) is 117 Å². The first-order chi connectivity index (χ1) is 22.8. The summed E-state index contributed by atoms with van der Waals surface area (Å²) < 4.78 is 11.8. The van der Waals surface area contributed by atoms with Crippen molar-refractivity contribution in [3.05, 3.63) is 52.0 Å². The van der Waals surface area contributed by atoms with E-state index in [1.807, 2.05) is 58.0 Å². The van der Waals surface area contributed by atoms with Gasteiger partial charge in [-0.25, -0.2) is 4.98 Å². The van der Waals surface area contributed by atoms with Crippen LogP contribution in [0.4, 0.5) is 0 Å². The standard InChI is InChI=1S/C36H53N5O6S/c1-9-22(6)31(40-33(43)26-18-37-26)36(45)41(8)28(21(4)5)17-30(46-23(7)42)35-39-27(19-48-35)34(44)38-25(16-24-13-11-10-12-14-24)32-29(47-32)15-20(2)3/h10-14,19-22,25-26,28-32,37H,9,15-18H2,1-8H3,(H,38,44)(H,40,43)/t22?,25?,26-,28-,29?,30-,31+,32?/m1/s1. The van der Waals surface area contributed by atoms with Gasteiger partial charge in [0.1, 0.15) is 22.8 Å². The van der Waals surface area contributed by atoms with Crippen LogP contribution >= 0.6 is 11.3 Å². The molecule has 4 rings (SSSR count). The molecular weight excluding hydrogens is 630 g/mol. The van der Waals surface area contributed by atoms with E-state index in [-0.39, 0.29) is 72.0 Å². The Kier molecular flexibility index (Phi) is 13.2. The van der Waals surface area contributed by atoms with Gasteiger partial charge in [0.15, 0.2) is 6.10 Å². The van der Waals surface area contributed by atoms with E-state index < -0.39 is 18.1 Å². The quantitative estimate of drug-likeness (QED) is 0.156. The summed E-state index contributed by atoms with van der Waals surface area (Å²) in [6.07, 6.45) is 1.80. The van der Waals surface area contributed by atoms with Crippen molar-refractivity contribution in [1.29, 1.82) is 0 Å². The van der Waals surface area contributed by atoms with E-state index in [4.69, 9.17) is 9.47 Å². The molecule has 48 heavy (non-hydrogen) atoms. The normalized spacial score (nSPS) is 21.5. The van der Waals surface area contributed by atoms with E-state index >= 15 is 0 Å². The first-order valence-corrected chi connectivity index (χ1v) is 18.1. The number of hydrogen-bond acceptors (Lipinski definition) is 9. The molecule has 264 valence electrons. The maximum absolute atomic E-state index is 13.9. The molecule has 8 atom stereocenters. The smallest absolute Gasteiger partial charge is 0.303 e. The maximum Gasteiger partial charge on any atom is 0.303 e. The molecule has 0 aliphatic carbocycles. The molecule has 2 aliphatic rings. The largest absolute Gasteiger partial charge is 0.455 e. The number of hydrogen-bond donors (Lipinski definition) is 3.